The summed E-state index contributed by atoms with van der Waals surface area (Å²) in [7, 11) is 1.69. The van der Waals surface area contributed by atoms with Crippen LogP contribution >= 0.6 is 11.3 Å². The lowest BCUT2D eigenvalue weighted by Crippen LogP contribution is -2.34. The Labute approximate surface area is 155 Å². The maximum atomic E-state index is 13.3. The first-order valence-electron chi connectivity index (χ1n) is 7.99. The molecule has 10 heteroatoms. The van der Waals surface area contributed by atoms with E-state index in [4.69, 9.17) is 0 Å². The molecule has 27 heavy (non-hydrogen) atoms. The van der Waals surface area contributed by atoms with Crippen LogP contribution in [0.1, 0.15) is 16.8 Å². The SMILES string of the molecule is CC(=O)N1C=C(c2sc(C(F)(F)F)nc2-c2nc3ccccc3[nH]2)CN1C. The van der Waals surface area contributed by atoms with Crippen molar-refractivity contribution in [3.8, 4) is 11.5 Å². The number of nitrogens with zero attached hydrogens (tertiary/aromatic N) is 4. The largest absolute Gasteiger partial charge is 0.443 e. The molecule has 3 heterocycles. The molecule has 1 amide bonds. The van der Waals surface area contributed by atoms with Gasteiger partial charge in [0.2, 0.25) is 5.91 Å². The Morgan fingerprint density at radius 2 is 2.00 bits per heavy atom. The number of likely N-dealkylation sites (N-methyl/N-ethyl adjacent to an activating group) is 1. The number of benzene rings is 1. The lowest BCUT2D eigenvalue weighted by molar-refractivity contribution is -0.137. The van der Waals surface area contributed by atoms with Crippen molar-refractivity contribution in [2.45, 2.75) is 13.1 Å². The number of nitrogens with one attached hydrogen (secondary N) is 1. The molecule has 6 nitrogen and oxygen atoms in total. The number of rotatable bonds is 2. The summed E-state index contributed by atoms with van der Waals surface area (Å²) >= 11 is 0.555. The van der Waals surface area contributed by atoms with Crippen LogP contribution in [0.3, 0.4) is 0 Å². The second kappa shape index (κ2) is 6.17. The Balaban J connectivity index is 1.87. The number of fused-ring (bicyclic) bond motifs is 1. The van der Waals surface area contributed by atoms with Crippen molar-refractivity contribution in [1.29, 1.82) is 0 Å². The van der Waals surface area contributed by atoms with E-state index in [2.05, 4.69) is 15.0 Å². The lowest BCUT2D eigenvalue weighted by Gasteiger charge is -2.20. The molecule has 1 N–H and O–H groups in total. The van der Waals surface area contributed by atoms with E-state index in [0.29, 0.717) is 39.4 Å². The van der Waals surface area contributed by atoms with Crippen molar-refractivity contribution >= 4 is 33.9 Å². The van der Waals surface area contributed by atoms with Crippen LogP contribution in [0, 0.1) is 0 Å². The molecule has 1 aliphatic rings. The topological polar surface area (TPSA) is 65.1 Å². The molecular weight excluding hydrogens is 379 g/mol. The highest BCUT2D eigenvalue weighted by molar-refractivity contribution is 7.13. The standard InChI is InChI=1S/C17H14F3N5OS/c1-9(26)25-8-10(7-24(25)2)14-13(23-16(27-14)17(18,19)20)15-21-11-5-3-4-6-12(11)22-15/h3-6,8H,7H2,1-2H3,(H,21,22). The summed E-state index contributed by atoms with van der Waals surface area (Å²) in [6, 6.07) is 7.18. The van der Waals surface area contributed by atoms with E-state index in [1.807, 2.05) is 6.07 Å². The van der Waals surface area contributed by atoms with Crippen molar-refractivity contribution in [3.05, 3.63) is 40.4 Å². The number of H-pyrrole nitrogens is 1. The number of hydrogen-bond acceptors (Lipinski definition) is 5. The van der Waals surface area contributed by atoms with Crippen molar-refractivity contribution in [3.63, 3.8) is 0 Å². The van der Waals surface area contributed by atoms with Crippen LogP contribution in [-0.4, -0.2) is 44.5 Å². The number of amides is 1. The van der Waals surface area contributed by atoms with Gasteiger partial charge in [0.25, 0.3) is 0 Å². The van der Waals surface area contributed by atoms with E-state index < -0.39 is 11.2 Å². The zero-order chi connectivity index (χ0) is 19.3. The third kappa shape index (κ3) is 3.10. The Morgan fingerprint density at radius 3 is 2.63 bits per heavy atom. The maximum Gasteiger partial charge on any atom is 0.443 e. The Morgan fingerprint density at radius 1 is 1.26 bits per heavy atom. The zero-order valence-electron chi connectivity index (χ0n) is 14.3. The highest BCUT2D eigenvalue weighted by Crippen LogP contribution is 2.41. The van der Waals surface area contributed by atoms with Crippen molar-refractivity contribution in [1.82, 2.24) is 25.0 Å². The molecule has 0 bridgehead atoms. The molecule has 0 unspecified atom stereocenters. The number of alkyl halides is 3. The Bertz CT molecular complexity index is 1040. The van der Waals surface area contributed by atoms with Crippen LogP contribution in [0.4, 0.5) is 13.2 Å². The molecule has 0 atom stereocenters. The Hall–Kier alpha value is -2.72. The number of hydrazine groups is 1. The predicted octanol–water partition coefficient (Wildman–Crippen LogP) is 3.76. The quantitative estimate of drug-likeness (QED) is 0.720. The van der Waals surface area contributed by atoms with Gasteiger partial charge in [0.1, 0.15) is 5.69 Å². The van der Waals surface area contributed by atoms with Crippen molar-refractivity contribution in [2.75, 3.05) is 13.6 Å². The molecule has 0 aliphatic carbocycles. The Kier molecular flexibility index (Phi) is 4.04. The average Bonchev–Trinajstić information content (AvgIpc) is 3.28. The number of aromatic amines is 1. The summed E-state index contributed by atoms with van der Waals surface area (Å²) < 4.78 is 39.9. The monoisotopic (exact) mass is 393 g/mol. The van der Waals surface area contributed by atoms with Gasteiger partial charge >= 0.3 is 6.18 Å². The molecule has 140 valence electrons. The maximum absolute atomic E-state index is 13.3. The minimum Gasteiger partial charge on any atom is -0.337 e. The summed E-state index contributed by atoms with van der Waals surface area (Å²) in [5, 5.41) is 2.05. The normalized spacial score (nSPS) is 15.6. The lowest BCUT2D eigenvalue weighted by atomic mass is 10.2. The molecule has 0 spiro atoms. The molecule has 4 rings (SSSR count). The van der Waals surface area contributed by atoms with Crippen molar-refractivity contribution in [2.24, 2.45) is 0 Å². The first-order valence-corrected chi connectivity index (χ1v) is 8.81. The number of imidazole rings is 1. The fourth-order valence-electron chi connectivity index (χ4n) is 2.96. The fraction of sp³-hybridized carbons (Fsp3) is 0.235. The molecule has 0 saturated heterocycles. The number of carbonyl (C=O) groups excluding carboxylic acids is 1. The zero-order valence-corrected chi connectivity index (χ0v) is 15.1. The molecule has 0 fully saturated rings. The van der Waals surface area contributed by atoms with Gasteiger partial charge in [0, 0.05) is 32.3 Å². The van der Waals surface area contributed by atoms with E-state index in [0.717, 1.165) is 0 Å². The van der Waals surface area contributed by atoms with Gasteiger partial charge in [0.05, 0.1) is 15.9 Å². The number of para-hydroxylation sites is 2. The molecular formula is C17H14F3N5OS. The van der Waals surface area contributed by atoms with Crippen LogP contribution in [0.25, 0.3) is 28.1 Å². The number of thiazole rings is 1. The van der Waals surface area contributed by atoms with Crippen LogP contribution in [0.5, 0.6) is 0 Å². The first kappa shape index (κ1) is 17.7. The van der Waals surface area contributed by atoms with Crippen LogP contribution in [-0.2, 0) is 11.0 Å². The summed E-state index contributed by atoms with van der Waals surface area (Å²) in [5.41, 5.74) is 2.07. The minimum atomic E-state index is -4.56. The molecule has 3 aromatic rings. The first-order chi connectivity index (χ1) is 12.7. The third-order valence-corrected chi connectivity index (χ3v) is 5.32. The van der Waals surface area contributed by atoms with Crippen LogP contribution < -0.4 is 0 Å². The summed E-state index contributed by atoms with van der Waals surface area (Å²) in [4.78, 5) is 23.3. The van der Waals surface area contributed by atoms with Gasteiger partial charge in [-0.25, -0.2) is 15.0 Å². The van der Waals surface area contributed by atoms with Crippen LogP contribution in [0.2, 0.25) is 0 Å². The number of hydrogen-bond donors (Lipinski definition) is 1. The van der Waals surface area contributed by atoms with E-state index >= 15 is 0 Å². The smallest absolute Gasteiger partial charge is 0.337 e. The predicted molar refractivity (Wildman–Crippen MR) is 95.3 cm³/mol. The van der Waals surface area contributed by atoms with Gasteiger partial charge in [-0.15, -0.1) is 11.3 Å². The van der Waals surface area contributed by atoms with Gasteiger partial charge in [-0.3, -0.25) is 9.80 Å². The van der Waals surface area contributed by atoms with Gasteiger partial charge in [0.15, 0.2) is 10.8 Å². The molecule has 0 saturated carbocycles. The number of carbonyl (C=O) groups is 1. The highest BCUT2D eigenvalue weighted by atomic mass is 32.1. The fourth-order valence-corrected chi connectivity index (χ4v) is 3.89. The summed E-state index contributed by atoms with van der Waals surface area (Å²) in [6.45, 7) is 1.69. The number of halogens is 3. The molecule has 2 aromatic heterocycles. The second-order valence-corrected chi connectivity index (χ2v) is 7.13. The van der Waals surface area contributed by atoms with E-state index in [1.165, 1.54) is 11.9 Å². The summed E-state index contributed by atoms with van der Waals surface area (Å²) in [6.07, 6.45) is -3.02. The second-order valence-electron chi connectivity index (χ2n) is 6.13. The van der Waals surface area contributed by atoms with Crippen molar-refractivity contribution < 1.29 is 18.0 Å². The highest BCUT2D eigenvalue weighted by Gasteiger charge is 2.38. The number of aromatic nitrogens is 3. The summed E-state index contributed by atoms with van der Waals surface area (Å²) in [5.74, 6) is 0.0427. The van der Waals surface area contributed by atoms with Gasteiger partial charge in [-0.1, -0.05) is 12.1 Å². The minimum absolute atomic E-state index is 0.133. The van der Waals surface area contributed by atoms with Gasteiger partial charge in [-0.2, -0.15) is 13.2 Å². The third-order valence-electron chi connectivity index (χ3n) is 4.14. The average molecular weight is 393 g/mol. The van der Waals surface area contributed by atoms with Crippen LogP contribution in [0.15, 0.2) is 30.5 Å². The molecule has 1 aliphatic heterocycles. The van der Waals surface area contributed by atoms with Gasteiger partial charge in [-0.05, 0) is 12.1 Å². The van der Waals surface area contributed by atoms with Gasteiger partial charge < -0.3 is 4.98 Å². The van der Waals surface area contributed by atoms with E-state index in [1.54, 1.807) is 36.5 Å². The molecule has 1 aromatic carbocycles. The van der Waals surface area contributed by atoms with E-state index in [9.17, 15) is 18.0 Å². The molecule has 0 radical (unpaired) electrons. The van der Waals surface area contributed by atoms with E-state index in [-0.39, 0.29) is 17.4 Å².